The monoisotopic (exact) mass is 646 g/mol. The zero-order chi connectivity index (χ0) is 34.8. The van der Waals surface area contributed by atoms with Crippen molar-refractivity contribution in [3.05, 3.63) is 131 Å². The number of hydrogen-bond acceptors (Lipinski definition) is 3. The number of ether oxygens (including phenoxy) is 1. The largest absolute Gasteiger partial charge is 0.457 e. The molecule has 0 unspecified atom stereocenters. The second-order valence-electron chi connectivity index (χ2n) is 15.5. The summed E-state index contributed by atoms with van der Waals surface area (Å²) in [5.41, 5.74) is 12.7. The number of aromatic nitrogens is 4. The van der Waals surface area contributed by atoms with Crippen molar-refractivity contribution < 1.29 is 4.74 Å². The van der Waals surface area contributed by atoms with Crippen LogP contribution >= 0.6 is 0 Å². The molecule has 4 aromatic carbocycles. The maximum absolute atomic E-state index is 6.65. The molecule has 0 spiro atoms. The van der Waals surface area contributed by atoms with Crippen LogP contribution in [0, 0.1) is 27.7 Å². The standard InChI is InChI=1S/C44H46N4O/c1-27-20-21-45-40(24-27)47-38-17-12-11-14-34(38)35-19-18-32(26-39(35)47)49-33-23-28(2)22-31(25-33)48-30(4)41(29(3)46-48)42-36(43(5,6)7)15-13-16-37(42)44(8,9)10/h11-26H,1-10H3. The van der Waals surface area contributed by atoms with E-state index in [9.17, 15) is 0 Å². The van der Waals surface area contributed by atoms with Gasteiger partial charge in [0, 0.05) is 40.4 Å². The molecule has 0 N–H and O–H groups in total. The number of pyridine rings is 1. The van der Waals surface area contributed by atoms with Crippen molar-refractivity contribution >= 4 is 21.8 Å². The first-order valence-corrected chi connectivity index (χ1v) is 17.2. The van der Waals surface area contributed by atoms with Gasteiger partial charge < -0.3 is 4.74 Å². The molecule has 0 amide bonds. The van der Waals surface area contributed by atoms with Crippen LogP contribution in [0.15, 0.2) is 97.2 Å². The van der Waals surface area contributed by atoms with Crippen molar-refractivity contribution in [1.29, 1.82) is 0 Å². The summed E-state index contributed by atoms with van der Waals surface area (Å²) >= 11 is 0. The number of hydrogen-bond donors (Lipinski definition) is 0. The van der Waals surface area contributed by atoms with Gasteiger partial charge in [-0.1, -0.05) is 77.9 Å². The Morgan fingerprint density at radius 2 is 1.29 bits per heavy atom. The van der Waals surface area contributed by atoms with E-state index in [-0.39, 0.29) is 10.8 Å². The molecule has 7 rings (SSSR count). The number of nitrogens with zero attached hydrogens (tertiary/aromatic N) is 4. The Morgan fingerprint density at radius 3 is 1.98 bits per heavy atom. The Bertz CT molecular complexity index is 2340. The summed E-state index contributed by atoms with van der Waals surface area (Å²) < 4.78 is 11.0. The Kier molecular flexibility index (Phi) is 7.78. The van der Waals surface area contributed by atoms with Gasteiger partial charge in [0.05, 0.1) is 22.4 Å². The summed E-state index contributed by atoms with van der Waals surface area (Å²) in [4.78, 5) is 4.74. The molecule has 5 nitrogen and oxygen atoms in total. The minimum absolute atomic E-state index is 0.0237. The molecule has 0 radical (unpaired) electrons. The predicted molar refractivity (Wildman–Crippen MR) is 204 cm³/mol. The van der Waals surface area contributed by atoms with E-state index in [0.717, 1.165) is 56.4 Å². The molecule has 0 aliphatic heterocycles. The Hall–Kier alpha value is -5.16. The lowest BCUT2D eigenvalue weighted by molar-refractivity contribution is 0.482. The lowest BCUT2D eigenvalue weighted by Crippen LogP contribution is -2.19. The predicted octanol–water partition coefficient (Wildman–Crippen LogP) is 11.7. The van der Waals surface area contributed by atoms with Crippen molar-refractivity contribution in [2.45, 2.75) is 80.1 Å². The van der Waals surface area contributed by atoms with Crippen LogP contribution in [0.3, 0.4) is 0 Å². The second kappa shape index (κ2) is 11.8. The zero-order valence-electron chi connectivity index (χ0n) is 30.4. The number of fused-ring (bicyclic) bond motifs is 3. The summed E-state index contributed by atoms with van der Waals surface area (Å²) in [5, 5.41) is 7.51. The first kappa shape index (κ1) is 32.4. The Labute approximate surface area is 290 Å². The van der Waals surface area contributed by atoms with Crippen LogP contribution in [0.1, 0.15) is 75.2 Å². The van der Waals surface area contributed by atoms with E-state index in [1.54, 1.807) is 0 Å². The van der Waals surface area contributed by atoms with E-state index in [1.807, 2.05) is 12.3 Å². The molecule has 0 bridgehead atoms. The summed E-state index contributed by atoms with van der Waals surface area (Å²) in [6.07, 6.45) is 1.87. The molecular weight excluding hydrogens is 601 g/mol. The van der Waals surface area contributed by atoms with Gasteiger partial charge in [-0.2, -0.15) is 5.10 Å². The molecule has 0 saturated heterocycles. The highest BCUT2D eigenvalue weighted by atomic mass is 16.5. The quantitative estimate of drug-likeness (QED) is 0.187. The van der Waals surface area contributed by atoms with E-state index >= 15 is 0 Å². The highest BCUT2D eigenvalue weighted by molar-refractivity contribution is 6.09. The fraction of sp³-hybridized carbons (Fsp3) is 0.273. The second-order valence-corrected chi connectivity index (χ2v) is 15.5. The topological polar surface area (TPSA) is 44.9 Å². The van der Waals surface area contributed by atoms with Crippen LogP contribution in [0.5, 0.6) is 11.5 Å². The van der Waals surface area contributed by atoms with Crippen molar-refractivity contribution in [3.63, 3.8) is 0 Å². The van der Waals surface area contributed by atoms with Gasteiger partial charge in [-0.25, -0.2) is 9.67 Å². The van der Waals surface area contributed by atoms with Crippen LogP contribution in [0.25, 0.3) is 44.4 Å². The molecule has 0 atom stereocenters. The summed E-state index contributed by atoms with van der Waals surface area (Å²) in [7, 11) is 0. The highest BCUT2D eigenvalue weighted by Crippen LogP contribution is 2.43. The maximum atomic E-state index is 6.65. The first-order chi connectivity index (χ1) is 23.2. The van der Waals surface area contributed by atoms with Crippen molar-refractivity contribution in [2.75, 3.05) is 0 Å². The smallest absolute Gasteiger partial charge is 0.137 e. The third-order valence-corrected chi connectivity index (χ3v) is 9.51. The summed E-state index contributed by atoms with van der Waals surface area (Å²) in [6, 6.07) is 32.1. The summed E-state index contributed by atoms with van der Waals surface area (Å²) in [5.74, 6) is 2.43. The van der Waals surface area contributed by atoms with Gasteiger partial charge in [-0.15, -0.1) is 0 Å². The van der Waals surface area contributed by atoms with E-state index < -0.39 is 0 Å². The van der Waals surface area contributed by atoms with Crippen LogP contribution < -0.4 is 4.74 Å². The van der Waals surface area contributed by atoms with E-state index in [4.69, 9.17) is 14.8 Å². The van der Waals surface area contributed by atoms with Gasteiger partial charge in [-0.3, -0.25) is 4.57 Å². The molecule has 3 heterocycles. The van der Waals surface area contributed by atoms with E-state index in [0.29, 0.717) is 0 Å². The molecule has 0 aliphatic carbocycles. The molecule has 5 heteroatoms. The zero-order valence-corrected chi connectivity index (χ0v) is 30.4. The number of aryl methyl sites for hydroxylation is 3. The third kappa shape index (κ3) is 5.82. The molecule has 248 valence electrons. The van der Waals surface area contributed by atoms with Crippen molar-refractivity contribution in [3.8, 4) is 34.1 Å². The fourth-order valence-corrected chi connectivity index (χ4v) is 7.28. The van der Waals surface area contributed by atoms with Gasteiger partial charge in [0.1, 0.15) is 17.3 Å². The number of para-hydroxylation sites is 1. The van der Waals surface area contributed by atoms with Crippen molar-refractivity contribution in [1.82, 2.24) is 19.3 Å². The lowest BCUT2D eigenvalue weighted by atomic mass is 9.74. The lowest BCUT2D eigenvalue weighted by Gasteiger charge is -2.30. The van der Waals surface area contributed by atoms with Gasteiger partial charge in [0.25, 0.3) is 0 Å². The summed E-state index contributed by atoms with van der Waals surface area (Å²) in [6.45, 7) is 22.3. The van der Waals surface area contributed by atoms with E-state index in [2.05, 4.69) is 163 Å². The average molecular weight is 647 g/mol. The Morgan fingerprint density at radius 1 is 0.592 bits per heavy atom. The molecule has 0 aliphatic rings. The van der Waals surface area contributed by atoms with Crippen LogP contribution in [0.2, 0.25) is 0 Å². The molecule has 7 aromatic rings. The van der Waals surface area contributed by atoms with Crippen LogP contribution in [-0.4, -0.2) is 19.3 Å². The van der Waals surface area contributed by atoms with Crippen molar-refractivity contribution in [2.24, 2.45) is 0 Å². The molecule has 0 fully saturated rings. The van der Waals surface area contributed by atoms with Gasteiger partial charge in [-0.05, 0) is 109 Å². The minimum Gasteiger partial charge on any atom is -0.457 e. The van der Waals surface area contributed by atoms with Gasteiger partial charge >= 0.3 is 0 Å². The van der Waals surface area contributed by atoms with E-state index in [1.165, 1.54) is 33.2 Å². The van der Waals surface area contributed by atoms with Gasteiger partial charge in [0.2, 0.25) is 0 Å². The average Bonchev–Trinajstić information content (AvgIpc) is 3.52. The van der Waals surface area contributed by atoms with Crippen LogP contribution in [0.4, 0.5) is 0 Å². The molecule has 3 aromatic heterocycles. The first-order valence-electron chi connectivity index (χ1n) is 17.2. The highest BCUT2D eigenvalue weighted by Gasteiger charge is 2.29. The van der Waals surface area contributed by atoms with Gasteiger partial charge in [0.15, 0.2) is 0 Å². The van der Waals surface area contributed by atoms with Crippen LogP contribution in [-0.2, 0) is 10.8 Å². The Balaban J connectivity index is 1.33. The third-order valence-electron chi connectivity index (χ3n) is 9.51. The molecular formula is C44H46N4O. The number of benzene rings is 4. The fourth-order valence-electron chi connectivity index (χ4n) is 7.28. The maximum Gasteiger partial charge on any atom is 0.137 e. The SMILES string of the molecule is Cc1cc(Oc2ccc3c4ccccc4n(-c4cc(C)ccn4)c3c2)cc(-n2nc(C)c(-c3c(C(C)(C)C)cccc3C(C)(C)C)c2C)c1. The minimum atomic E-state index is -0.0237. The molecule has 49 heavy (non-hydrogen) atoms. The normalized spacial score (nSPS) is 12.3. The molecule has 0 saturated carbocycles. The number of rotatable bonds is 5.